The zero-order chi connectivity index (χ0) is 7.72. The van der Waals surface area contributed by atoms with Gasteiger partial charge in [-0.3, -0.25) is 0 Å². The van der Waals surface area contributed by atoms with E-state index in [-0.39, 0.29) is 19.1 Å². The summed E-state index contributed by atoms with van der Waals surface area (Å²) in [5.41, 5.74) is 0.764. The Hall–Kier alpha value is -0.760. The van der Waals surface area contributed by atoms with Gasteiger partial charge in [-0.05, 0) is 12.5 Å². The summed E-state index contributed by atoms with van der Waals surface area (Å²) in [6.07, 6.45) is 2.56. The molecule has 0 aromatic heterocycles. The quantitative estimate of drug-likeness (QED) is 0.563. The van der Waals surface area contributed by atoms with Crippen molar-refractivity contribution in [3.8, 4) is 0 Å². The van der Waals surface area contributed by atoms with Gasteiger partial charge in [-0.25, -0.2) is 0 Å². The third-order valence-corrected chi connectivity index (χ3v) is 1.76. The summed E-state index contributed by atoms with van der Waals surface area (Å²) in [4.78, 5) is 0. The fraction of sp³-hybridized carbons (Fsp3) is 0.556. The van der Waals surface area contributed by atoms with Gasteiger partial charge in [0.2, 0.25) is 0 Å². The van der Waals surface area contributed by atoms with Gasteiger partial charge in [0.15, 0.2) is 0 Å². The minimum atomic E-state index is -0.460. The van der Waals surface area contributed by atoms with Gasteiger partial charge < -0.3 is 10.2 Å². The molecule has 0 spiro atoms. The highest BCUT2D eigenvalue weighted by Gasteiger charge is 2.15. The molecule has 2 atom stereocenters. The van der Waals surface area contributed by atoms with Gasteiger partial charge in [-0.15, -0.1) is 5.76 Å². The Labute approximate surface area is 67.9 Å². The maximum Gasteiger partial charge on any atom is 0.0810 e. The van der Waals surface area contributed by atoms with Crippen LogP contribution in [0.15, 0.2) is 23.5 Å². The SMILES string of the molecule is C.CC1=CC([O-])=CC(C)C1O. The molecule has 1 rings (SSSR count). The van der Waals surface area contributed by atoms with E-state index in [0.29, 0.717) is 0 Å². The van der Waals surface area contributed by atoms with Crippen LogP contribution in [0.5, 0.6) is 0 Å². The lowest BCUT2D eigenvalue weighted by atomic mass is 9.93. The lowest BCUT2D eigenvalue weighted by molar-refractivity contribution is -0.296. The predicted octanol–water partition coefficient (Wildman–Crippen LogP) is 0.824. The summed E-state index contributed by atoms with van der Waals surface area (Å²) in [5.74, 6) is -0.0206. The first-order chi connectivity index (χ1) is 4.61. The van der Waals surface area contributed by atoms with Crippen molar-refractivity contribution >= 4 is 0 Å². The number of hydrogen-bond acceptors (Lipinski definition) is 2. The van der Waals surface area contributed by atoms with Crippen molar-refractivity contribution in [1.82, 2.24) is 0 Å². The van der Waals surface area contributed by atoms with Gasteiger partial charge in [-0.2, -0.15) is 0 Å². The van der Waals surface area contributed by atoms with E-state index < -0.39 is 6.10 Å². The molecule has 0 aromatic rings. The number of aliphatic hydroxyl groups is 1. The average Bonchev–Trinajstić information content (AvgIpc) is 1.82. The van der Waals surface area contributed by atoms with Crippen molar-refractivity contribution in [1.29, 1.82) is 0 Å². The third kappa shape index (κ3) is 2.09. The van der Waals surface area contributed by atoms with Crippen molar-refractivity contribution < 1.29 is 10.2 Å². The van der Waals surface area contributed by atoms with Crippen LogP contribution >= 0.6 is 0 Å². The van der Waals surface area contributed by atoms with Crippen molar-refractivity contribution in [3.63, 3.8) is 0 Å². The van der Waals surface area contributed by atoms with E-state index in [1.54, 1.807) is 6.92 Å². The van der Waals surface area contributed by atoms with E-state index in [9.17, 15) is 10.2 Å². The summed E-state index contributed by atoms with van der Waals surface area (Å²) < 4.78 is 0. The molecule has 2 nitrogen and oxygen atoms in total. The molecule has 0 saturated heterocycles. The van der Waals surface area contributed by atoms with Crippen molar-refractivity contribution in [2.45, 2.75) is 27.4 Å². The Balaban J connectivity index is 0.000001000. The minimum absolute atomic E-state index is 0. The molecular weight excluding hydrogens is 140 g/mol. The second-order valence-electron chi connectivity index (χ2n) is 2.76. The Bertz CT molecular complexity index is 192. The van der Waals surface area contributed by atoms with E-state index in [1.165, 1.54) is 12.2 Å². The predicted molar refractivity (Wildman–Crippen MR) is 43.7 cm³/mol. The third-order valence-electron chi connectivity index (χ3n) is 1.76. The second kappa shape index (κ2) is 3.58. The number of rotatable bonds is 0. The van der Waals surface area contributed by atoms with Crippen LogP contribution in [-0.4, -0.2) is 11.2 Å². The van der Waals surface area contributed by atoms with Crippen LogP contribution in [-0.2, 0) is 0 Å². The monoisotopic (exact) mass is 155 g/mol. The van der Waals surface area contributed by atoms with Gasteiger partial charge in [0, 0.05) is 5.92 Å². The van der Waals surface area contributed by atoms with Gasteiger partial charge in [-0.1, -0.05) is 26.5 Å². The van der Waals surface area contributed by atoms with E-state index >= 15 is 0 Å². The Morgan fingerprint density at radius 2 is 2.09 bits per heavy atom. The molecular formula is C9H15O2-. The molecule has 0 saturated carbocycles. The first-order valence-electron chi connectivity index (χ1n) is 3.36. The summed E-state index contributed by atoms with van der Waals surface area (Å²) in [6, 6.07) is 0. The Morgan fingerprint density at radius 3 is 2.55 bits per heavy atom. The van der Waals surface area contributed by atoms with E-state index in [1.807, 2.05) is 6.92 Å². The number of aliphatic hydroxyl groups excluding tert-OH is 1. The van der Waals surface area contributed by atoms with E-state index in [4.69, 9.17) is 0 Å². The molecule has 0 heterocycles. The first kappa shape index (κ1) is 10.2. The molecule has 0 radical (unpaired) electrons. The van der Waals surface area contributed by atoms with Crippen LogP contribution < -0.4 is 5.11 Å². The second-order valence-corrected chi connectivity index (χ2v) is 2.76. The van der Waals surface area contributed by atoms with E-state index in [0.717, 1.165) is 5.57 Å². The number of allylic oxidation sites excluding steroid dienone is 1. The topological polar surface area (TPSA) is 43.3 Å². The van der Waals surface area contributed by atoms with E-state index in [2.05, 4.69) is 0 Å². The van der Waals surface area contributed by atoms with Crippen LogP contribution in [0.25, 0.3) is 0 Å². The summed E-state index contributed by atoms with van der Waals surface area (Å²) in [7, 11) is 0. The maximum atomic E-state index is 10.8. The van der Waals surface area contributed by atoms with Crippen LogP contribution in [0, 0.1) is 5.92 Å². The molecule has 1 aliphatic rings. The fourth-order valence-corrected chi connectivity index (χ4v) is 1.12. The van der Waals surface area contributed by atoms with Crippen molar-refractivity contribution in [2.24, 2.45) is 5.92 Å². The van der Waals surface area contributed by atoms with Gasteiger partial charge in [0.25, 0.3) is 0 Å². The summed E-state index contributed by atoms with van der Waals surface area (Å²) in [5, 5.41) is 20.1. The first-order valence-corrected chi connectivity index (χ1v) is 3.36. The van der Waals surface area contributed by atoms with Crippen LogP contribution in [0.1, 0.15) is 21.3 Å². The smallest absolute Gasteiger partial charge is 0.0810 e. The summed E-state index contributed by atoms with van der Waals surface area (Å²) >= 11 is 0. The van der Waals surface area contributed by atoms with Gasteiger partial charge >= 0.3 is 0 Å². The number of hydrogen-bond donors (Lipinski definition) is 1. The largest absolute Gasteiger partial charge is 0.873 e. The highest BCUT2D eigenvalue weighted by atomic mass is 16.3. The van der Waals surface area contributed by atoms with Gasteiger partial charge in [0.1, 0.15) is 0 Å². The molecule has 2 heteroatoms. The van der Waals surface area contributed by atoms with Crippen LogP contribution in [0.3, 0.4) is 0 Å². The highest BCUT2D eigenvalue weighted by Crippen LogP contribution is 2.19. The molecule has 0 fully saturated rings. The Kier molecular flexibility index (Phi) is 3.33. The molecule has 0 amide bonds. The lowest BCUT2D eigenvalue weighted by Gasteiger charge is -2.24. The molecule has 0 aromatic carbocycles. The summed E-state index contributed by atoms with van der Waals surface area (Å²) in [6.45, 7) is 3.60. The molecule has 64 valence electrons. The molecule has 11 heavy (non-hydrogen) atoms. The molecule has 1 aliphatic carbocycles. The zero-order valence-corrected chi connectivity index (χ0v) is 6.16. The zero-order valence-electron chi connectivity index (χ0n) is 6.16. The Morgan fingerprint density at radius 1 is 1.55 bits per heavy atom. The minimum Gasteiger partial charge on any atom is -0.873 e. The lowest BCUT2D eigenvalue weighted by Crippen LogP contribution is -2.23. The standard InChI is InChI=1S/C8H12O2.CH4/c1-5-3-7(9)4-6(2)8(5)10;/h3-5,8-10H,1-2H3;1H4/p-1. The molecule has 2 unspecified atom stereocenters. The molecule has 0 bridgehead atoms. The van der Waals surface area contributed by atoms with Gasteiger partial charge in [0.05, 0.1) is 6.10 Å². The molecule has 1 N–H and O–H groups in total. The molecule has 0 aliphatic heterocycles. The van der Waals surface area contributed by atoms with Crippen LogP contribution in [0.2, 0.25) is 0 Å². The fourth-order valence-electron chi connectivity index (χ4n) is 1.12. The highest BCUT2D eigenvalue weighted by molar-refractivity contribution is 5.25. The maximum absolute atomic E-state index is 10.8. The normalized spacial score (nSPS) is 30.1. The van der Waals surface area contributed by atoms with Crippen LogP contribution in [0.4, 0.5) is 0 Å². The van der Waals surface area contributed by atoms with Crippen molar-refractivity contribution in [3.05, 3.63) is 23.5 Å². The van der Waals surface area contributed by atoms with Crippen molar-refractivity contribution in [2.75, 3.05) is 0 Å². The average molecular weight is 155 g/mol.